The highest BCUT2D eigenvalue weighted by Gasteiger charge is 2.24. The maximum atomic E-state index is 3.80. The van der Waals surface area contributed by atoms with Crippen molar-refractivity contribution >= 4 is 0 Å². The molecule has 1 fully saturated rings. The maximum absolute atomic E-state index is 3.80. The standard InChI is InChI=1S/C16H25N/c1-12-9-13(2)11-16(10-12)17-14(3)15-7-5-4-6-8-15/h4-8,12-14,16-17H,9-11H2,1-3H3. The van der Waals surface area contributed by atoms with Crippen LogP contribution >= 0.6 is 0 Å². The Labute approximate surface area is 106 Å². The van der Waals surface area contributed by atoms with Crippen LogP contribution in [0.25, 0.3) is 0 Å². The Morgan fingerprint density at radius 2 is 1.59 bits per heavy atom. The molecular weight excluding hydrogens is 206 g/mol. The van der Waals surface area contributed by atoms with Crippen LogP contribution in [0.3, 0.4) is 0 Å². The third-order valence-electron chi connectivity index (χ3n) is 3.96. The van der Waals surface area contributed by atoms with Gasteiger partial charge in [-0.3, -0.25) is 0 Å². The molecule has 3 unspecified atom stereocenters. The van der Waals surface area contributed by atoms with E-state index in [0.717, 1.165) is 11.8 Å². The normalized spacial score (nSPS) is 31.1. The number of benzene rings is 1. The van der Waals surface area contributed by atoms with Crippen molar-refractivity contribution in [2.45, 2.75) is 52.1 Å². The summed E-state index contributed by atoms with van der Waals surface area (Å²) in [6.07, 6.45) is 4.07. The highest BCUT2D eigenvalue weighted by Crippen LogP contribution is 2.29. The summed E-state index contributed by atoms with van der Waals surface area (Å²) in [5.41, 5.74) is 1.40. The predicted molar refractivity (Wildman–Crippen MR) is 74.0 cm³/mol. The van der Waals surface area contributed by atoms with Gasteiger partial charge >= 0.3 is 0 Å². The highest BCUT2D eigenvalue weighted by molar-refractivity contribution is 5.18. The zero-order valence-electron chi connectivity index (χ0n) is 11.3. The predicted octanol–water partition coefficient (Wildman–Crippen LogP) is 4.16. The zero-order chi connectivity index (χ0) is 12.3. The topological polar surface area (TPSA) is 12.0 Å². The Kier molecular flexibility index (Phi) is 4.22. The molecule has 1 aromatic rings. The van der Waals surface area contributed by atoms with Gasteiger partial charge in [-0.15, -0.1) is 0 Å². The molecule has 17 heavy (non-hydrogen) atoms. The molecule has 1 aliphatic rings. The average Bonchev–Trinajstić information content (AvgIpc) is 2.28. The molecule has 1 saturated carbocycles. The molecule has 0 aliphatic heterocycles. The van der Waals surface area contributed by atoms with E-state index in [1.807, 2.05) is 0 Å². The quantitative estimate of drug-likeness (QED) is 0.823. The Morgan fingerprint density at radius 1 is 1.00 bits per heavy atom. The van der Waals surface area contributed by atoms with Gasteiger partial charge in [-0.1, -0.05) is 44.2 Å². The summed E-state index contributed by atoms with van der Waals surface area (Å²) in [5, 5.41) is 3.80. The molecule has 0 saturated heterocycles. The van der Waals surface area contributed by atoms with Gasteiger partial charge in [0.15, 0.2) is 0 Å². The molecule has 0 radical (unpaired) electrons. The first-order valence-electron chi connectivity index (χ1n) is 6.96. The lowest BCUT2D eigenvalue weighted by molar-refractivity contribution is 0.228. The van der Waals surface area contributed by atoms with Gasteiger partial charge in [0.25, 0.3) is 0 Å². The van der Waals surface area contributed by atoms with E-state index in [2.05, 4.69) is 56.4 Å². The second-order valence-corrected chi connectivity index (χ2v) is 5.91. The van der Waals surface area contributed by atoms with Crippen molar-refractivity contribution in [2.75, 3.05) is 0 Å². The smallest absolute Gasteiger partial charge is 0.0294 e. The maximum Gasteiger partial charge on any atom is 0.0294 e. The number of hydrogen-bond acceptors (Lipinski definition) is 1. The van der Waals surface area contributed by atoms with Crippen LogP contribution in [0.2, 0.25) is 0 Å². The fraction of sp³-hybridized carbons (Fsp3) is 0.625. The first kappa shape index (κ1) is 12.6. The summed E-state index contributed by atoms with van der Waals surface area (Å²) in [7, 11) is 0. The second-order valence-electron chi connectivity index (χ2n) is 5.91. The molecular formula is C16H25N. The molecule has 0 heterocycles. The molecule has 2 rings (SSSR count). The molecule has 1 N–H and O–H groups in total. The largest absolute Gasteiger partial charge is 0.307 e. The van der Waals surface area contributed by atoms with E-state index in [-0.39, 0.29) is 0 Å². The number of hydrogen-bond donors (Lipinski definition) is 1. The zero-order valence-corrected chi connectivity index (χ0v) is 11.3. The van der Waals surface area contributed by atoms with E-state index in [9.17, 15) is 0 Å². The molecule has 1 heteroatoms. The number of rotatable bonds is 3. The first-order valence-corrected chi connectivity index (χ1v) is 6.96. The van der Waals surface area contributed by atoms with Crippen molar-refractivity contribution in [3.63, 3.8) is 0 Å². The van der Waals surface area contributed by atoms with Crippen LogP contribution in [0, 0.1) is 11.8 Å². The van der Waals surface area contributed by atoms with E-state index in [0.29, 0.717) is 12.1 Å². The molecule has 1 nitrogen and oxygen atoms in total. The lowest BCUT2D eigenvalue weighted by Crippen LogP contribution is -2.37. The summed E-state index contributed by atoms with van der Waals surface area (Å²) < 4.78 is 0. The molecule has 1 aromatic carbocycles. The summed E-state index contributed by atoms with van der Waals surface area (Å²) in [5.74, 6) is 1.75. The Morgan fingerprint density at radius 3 is 2.18 bits per heavy atom. The molecule has 3 atom stereocenters. The molecule has 1 aliphatic carbocycles. The molecule has 94 valence electrons. The number of nitrogens with one attached hydrogen (secondary N) is 1. The molecule has 0 amide bonds. The van der Waals surface area contributed by atoms with Crippen molar-refractivity contribution < 1.29 is 0 Å². The van der Waals surface area contributed by atoms with Gasteiger partial charge in [0, 0.05) is 12.1 Å². The Balaban J connectivity index is 1.92. The fourth-order valence-electron chi connectivity index (χ4n) is 3.27. The van der Waals surface area contributed by atoms with Gasteiger partial charge in [-0.2, -0.15) is 0 Å². The van der Waals surface area contributed by atoms with Gasteiger partial charge in [-0.05, 0) is 43.6 Å². The lowest BCUT2D eigenvalue weighted by atomic mass is 9.80. The van der Waals surface area contributed by atoms with Crippen LogP contribution in [0.1, 0.15) is 51.6 Å². The van der Waals surface area contributed by atoms with Crippen LogP contribution < -0.4 is 5.32 Å². The second kappa shape index (κ2) is 5.68. The van der Waals surface area contributed by atoms with Gasteiger partial charge in [-0.25, -0.2) is 0 Å². The fourth-order valence-corrected chi connectivity index (χ4v) is 3.27. The highest BCUT2D eigenvalue weighted by atomic mass is 14.9. The van der Waals surface area contributed by atoms with Crippen molar-refractivity contribution in [2.24, 2.45) is 11.8 Å². The minimum atomic E-state index is 0.471. The van der Waals surface area contributed by atoms with Crippen LogP contribution in [-0.2, 0) is 0 Å². The molecule has 0 bridgehead atoms. The molecule has 0 aromatic heterocycles. The van der Waals surface area contributed by atoms with Crippen molar-refractivity contribution in [1.82, 2.24) is 5.32 Å². The third-order valence-corrected chi connectivity index (χ3v) is 3.96. The van der Waals surface area contributed by atoms with Crippen molar-refractivity contribution in [3.05, 3.63) is 35.9 Å². The van der Waals surface area contributed by atoms with Gasteiger partial charge in [0.2, 0.25) is 0 Å². The van der Waals surface area contributed by atoms with Gasteiger partial charge in [0.05, 0.1) is 0 Å². The van der Waals surface area contributed by atoms with E-state index >= 15 is 0 Å². The van der Waals surface area contributed by atoms with Gasteiger partial charge < -0.3 is 5.32 Å². The summed E-state index contributed by atoms with van der Waals surface area (Å²) in [6, 6.07) is 11.9. The lowest BCUT2D eigenvalue weighted by Gasteiger charge is -2.34. The minimum absolute atomic E-state index is 0.471. The Hall–Kier alpha value is -0.820. The van der Waals surface area contributed by atoms with E-state index in [1.54, 1.807) is 0 Å². The summed E-state index contributed by atoms with van der Waals surface area (Å²) in [6.45, 7) is 7.05. The van der Waals surface area contributed by atoms with E-state index < -0.39 is 0 Å². The van der Waals surface area contributed by atoms with Crippen molar-refractivity contribution in [3.8, 4) is 0 Å². The van der Waals surface area contributed by atoms with Crippen molar-refractivity contribution in [1.29, 1.82) is 0 Å². The van der Waals surface area contributed by atoms with Crippen LogP contribution in [0.4, 0.5) is 0 Å². The SMILES string of the molecule is CC1CC(C)CC(NC(C)c2ccccc2)C1. The summed E-state index contributed by atoms with van der Waals surface area (Å²) in [4.78, 5) is 0. The van der Waals surface area contributed by atoms with Crippen LogP contribution in [0.5, 0.6) is 0 Å². The van der Waals surface area contributed by atoms with E-state index in [4.69, 9.17) is 0 Å². The minimum Gasteiger partial charge on any atom is -0.307 e. The first-order chi connectivity index (χ1) is 8.15. The van der Waals surface area contributed by atoms with Crippen LogP contribution in [-0.4, -0.2) is 6.04 Å². The Bertz CT molecular complexity index is 323. The molecule has 0 spiro atoms. The average molecular weight is 231 g/mol. The summed E-state index contributed by atoms with van der Waals surface area (Å²) >= 11 is 0. The van der Waals surface area contributed by atoms with Crippen LogP contribution in [0.15, 0.2) is 30.3 Å². The van der Waals surface area contributed by atoms with E-state index in [1.165, 1.54) is 24.8 Å². The monoisotopic (exact) mass is 231 g/mol. The third kappa shape index (κ3) is 3.57. The van der Waals surface area contributed by atoms with Gasteiger partial charge in [0.1, 0.15) is 0 Å².